The van der Waals surface area contributed by atoms with E-state index in [2.05, 4.69) is 6.92 Å². The first-order valence-corrected chi connectivity index (χ1v) is 9.70. The number of rotatable bonds is 14. The Morgan fingerprint density at radius 3 is 1.67 bits per heavy atom. The van der Waals surface area contributed by atoms with Gasteiger partial charge in [-0.1, -0.05) is 64.7 Å². The van der Waals surface area contributed by atoms with Gasteiger partial charge in [-0.3, -0.25) is 4.55 Å². The first kappa shape index (κ1) is 24.1. The largest absolute Gasteiger partial charge is 0.305 e. The molecule has 0 fully saturated rings. The molecule has 123 valence electrons. The third kappa shape index (κ3) is 20.9. The molecule has 0 saturated carbocycles. The van der Waals surface area contributed by atoms with Crippen LogP contribution >= 0.6 is 0 Å². The predicted molar refractivity (Wildman–Crippen MR) is 91.5 cm³/mol. The van der Waals surface area contributed by atoms with Gasteiger partial charge in [0.2, 0.25) is 0 Å². The molecule has 0 aromatic carbocycles. The zero-order valence-electron chi connectivity index (χ0n) is 14.3. The molecule has 0 aliphatic rings. The molecule has 0 bridgehead atoms. The van der Waals surface area contributed by atoms with Crippen molar-refractivity contribution in [2.24, 2.45) is 0 Å². The van der Waals surface area contributed by atoms with Crippen LogP contribution in [0.1, 0.15) is 71.1 Å². The second-order valence-electron chi connectivity index (χ2n) is 5.77. The van der Waals surface area contributed by atoms with Gasteiger partial charge in [-0.25, -0.2) is 0 Å². The standard InChI is InChI=1S/C15H33NO3S.Na/c1-3-4-5-6-7-8-9-10-11-12-13-16(2)14-15-20(17,18)19;/h3-15H2,1-2H3,(H,17,18,19);. The maximum Gasteiger partial charge on any atom is 0.266 e. The minimum absolute atomic E-state index is 0. The maximum absolute atomic E-state index is 10.6. The van der Waals surface area contributed by atoms with E-state index in [9.17, 15) is 8.42 Å². The summed E-state index contributed by atoms with van der Waals surface area (Å²) in [6.07, 6.45) is 13.1. The van der Waals surface area contributed by atoms with Crippen LogP contribution in [-0.4, -0.2) is 73.3 Å². The predicted octanol–water partition coefficient (Wildman–Crippen LogP) is 3.35. The maximum atomic E-state index is 10.6. The molecule has 0 aromatic rings. The monoisotopic (exact) mass is 330 g/mol. The van der Waals surface area contributed by atoms with E-state index in [1.165, 1.54) is 57.8 Å². The molecule has 0 atom stereocenters. The average Bonchev–Trinajstić information content (AvgIpc) is 2.38. The molecule has 0 amide bonds. The van der Waals surface area contributed by atoms with Gasteiger partial charge in [-0.05, 0) is 20.0 Å². The molecule has 0 heterocycles. The minimum atomic E-state index is -3.81. The van der Waals surface area contributed by atoms with Crippen molar-refractivity contribution in [1.29, 1.82) is 0 Å². The molecule has 1 N–H and O–H groups in total. The third-order valence-electron chi connectivity index (χ3n) is 3.62. The summed E-state index contributed by atoms with van der Waals surface area (Å²) < 4.78 is 29.9. The molecule has 4 nitrogen and oxygen atoms in total. The second kappa shape index (κ2) is 15.8. The Kier molecular flexibility index (Phi) is 18.1. The van der Waals surface area contributed by atoms with Gasteiger partial charge in [0.15, 0.2) is 0 Å². The summed E-state index contributed by atoms with van der Waals surface area (Å²) in [5, 5.41) is 0. The zero-order chi connectivity index (χ0) is 15.3. The molecular formula is C15H33NNaO3S. The van der Waals surface area contributed by atoms with E-state index >= 15 is 0 Å². The van der Waals surface area contributed by atoms with Gasteiger partial charge in [0.25, 0.3) is 10.1 Å². The van der Waals surface area contributed by atoms with Crippen molar-refractivity contribution in [3.8, 4) is 0 Å². The van der Waals surface area contributed by atoms with Crippen LogP contribution in [0.3, 0.4) is 0 Å². The van der Waals surface area contributed by atoms with Crippen molar-refractivity contribution in [2.75, 3.05) is 25.9 Å². The van der Waals surface area contributed by atoms with Crippen LogP contribution in [0.5, 0.6) is 0 Å². The molecule has 0 unspecified atom stereocenters. The summed E-state index contributed by atoms with van der Waals surface area (Å²) in [6.45, 7) is 3.56. The minimum Gasteiger partial charge on any atom is -0.305 e. The summed E-state index contributed by atoms with van der Waals surface area (Å²) in [4.78, 5) is 1.97. The third-order valence-corrected chi connectivity index (χ3v) is 4.32. The van der Waals surface area contributed by atoms with Crippen molar-refractivity contribution < 1.29 is 13.0 Å². The Labute approximate surface area is 154 Å². The number of hydrogen-bond donors (Lipinski definition) is 1. The van der Waals surface area contributed by atoms with Crippen molar-refractivity contribution >= 4 is 39.7 Å². The molecule has 1 radical (unpaired) electrons. The summed E-state index contributed by atoms with van der Waals surface area (Å²) >= 11 is 0. The van der Waals surface area contributed by atoms with Crippen molar-refractivity contribution in [3.63, 3.8) is 0 Å². The average molecular weight is 330 g/mol. The van der Waals surface area contributed by atoms with Gasteiger partial charge in [-0.2, -0.15) is 8.42 Å². The molecule has 0 rings (SSSR count). The molecule has 6 heteroatoms. The fourth-order valence-electron chi connectivity index (χ4n) is 2.25. The van der Waals surface area contributed by atoms with E-state index in [4.69, 9.17) is 4.55 Å². The van der Waals surface area contributed by atoms with Crippen LogP contribution < -0.4 is 0 Å². The van der Waals surface area contributed by atoms with Gasteiger partial charge in [0.1, 0.15) is 0 Å². The summed E-state index contributed by atoms with van der Waals surface area (Å²) in [5.41, 5.74) is 0. The summed E-state index contributed by atoms with van der Waals surface area (Å²) in [5.74, 6) is -0.165. The normalized spacial score (nSPS) is 11.6. The van der Waals surface area contributed by atoms with Crippen molar-refractivity contribution in [3.05, 3.63) is 0 Å². The Bertz CT molecular complexity index is 310. The van der Waals surface area contributed by atoms with Gasteiger partial charge < -0.3 is 4.90 Å². The quantitative estimate of drug-likeness (QED) is 0.301. The van der Waals surface area contributed by atoms with E-state index in [0.717, 1.165) is 13.0 Å². The Morgan fingerprint density at radius 2 is 1.24 bits per heavy atom. The molecular weight excluding hydrogens is 297 g/mol. The number of unbranched alkanes of at least 4 members (excludes halogenated alkanes) is 9. The van der Waals surface area contributed by atoms with E-state index in [0.29, 0.717) is 6.54 Å². The Hall–Kier alpha value is 0.870. The fraction of sp³-hybridized carbons (Fsp3) is 1.00. The smallest absolute Gasteiger partial charge is 0.266 e. The zero-order valence-corrected chi connectivity index (χ0v) is 17.1. The first-order chi connectivity index (χ1) is 9.45. The molecule has 0 aromatic heterocycles. The van der Waals surface area contributed by atoms with Crippen LogP contribution in [0.4, 0.5) is 0 Å². The van der Waals surface area contributed by atoms with Crippen LogP contribution in [0, 0.1) is 0 Å². The van der Waals surface area contributed by atoms with Gasteiger partial charge >= 0.3 is 0 Å². The number of nitrogens with zero attached hydrogens (tertiary/aromatic N) is 1. The van der Waals surface area contributed by atoms with E-state index in [1.807, 2.05) is 11.9 Å². The Morgan fingerprint density at radius 1 is 0.810 bits per heavy atom. The van der Waals surface area contributed by atoms with E-state index < -0.39 is 10.1 Å². The van der Waals surface area contributed by atoms with E-state index in [1.54, 1.807) is 0 Å². The number of hydrogen-bond acceptors (Lipinski definition) is 3. The molecule has 21 heavy (non-hydrogen) atoms. The fourth-order valence-corrected chi connectivity index (χ4v) is 2.79. The summed E-state index contributed by atoms with van der Waals surface area (Å²) in [7, 11) is -1.91. The molecule has 0 spiro atoms. The van der Waals surface area contributed by atoms with Gasteiger partial charge in [0.05, 0.1) is 5.75 Å². The van der Waals surface area contributed by atoms with Gasteiger partial charge in [-0.15, -0.1) is 0 Å². The molecule has 0 aliphatic carbocycles. The first-order valence-electron chi connectivity index (χ1n) is 8.09. The summed E-state index contributed by atoms with van der Waals surface area (Å²) in [6, 6.07) is 0. The topological polar surface area (TPSA) is 57.6 Å². The van der Waals surface area contributed by atoms with Crippen LogP contribution in [-0.2, 0) is 10.1 Å². The van der Waals surface area contributed by atoms with Crippen LogP contribution in [0.15, 0.2) is 0 Å². The van der Waals surface area contributed by atoms with Gasteiger partial charge in [0, 0.05) is 36.1 Å². The Balaban J connectivity index is 0. The molecule has 0 saturated heterocycles. The molecule has 0 aliphatic heterocycles. The van der Waals surface area contributed by atoms with Crippen molar-refractivity contribution in [2.45, 2.75) is 71.1 Å². The SMILES string of the molecule is CCCCCCCCCCCCN(C)CCS(=O)(=O)O.[Na]. The van der Waals surface area contributed by atoms with Crippen LogP contribution in [0.25, 0.3) is 0 Å². The van der Waals surface area contributed by atoms with Crippen LogP contribution in [0.2, 0.25) is 0 Å². The second-order valence-corrected chi connectivity index (χ2v) is 7.34. The van der Waals surface area contributed by atoms with E-state index in [-0.39, 0.29) is 35.3 Å². The van der Waals surface area contributed by atoms with Crippen molar-refractivity contribution in [1.82, 2.24) is 4.90 Å².